The van der Waals surface area contributed by atoms with Gasteiger partial charge in [-0.1, -0.05) is 25.1 Å². The number of rotatable bonds is 4. The highest BCUT2D eigenvalue weighted by Gasteiger charge is 2.09. The predicted octanol–water partition coefficient (Wildman–Crippen LogP) is 4.63. The molecule has 0 bridgehead atoms. The summed E-state index contributed by atoms with van der Waals surface area (Å²) in [5, 5.41) is 9.27. The number of thioether (sulfide) groups is 1. The summed E-state index contributed by atoms with van der Waals surface area (Å²) >= 11 is 1.55. The second-order valence-corrected chi connectivity index (χ2v) is 4.90. The lowest BCUT2D eigenvalue weighted by atomic mass is 10.1. The van der Waals surface area contributed by atoms with Crippen LogP contribution in [0.3, 0.4) is 0 Å². The Bertz CT molecular complexity index is 616. The van der Waals surface area contributed by atoms with Crippen LogP contribution in [0.1, 0.15) is 18.1 Å². The van der Waals surface area contributed by atoms with E-state index in [1.165, 1.54) is 5.56 Å². The standard InChI is InChI=1S/C16H15NOS/c1-3-12-6-4-7-13(10-12)18-15-8-5-9-16(19-2)14(15)11-17/h4-10H,3H2,1-2H3. The van der Waals surface area contributed by atoms with Crippen molar-refractivity contribution in [2.75, 3.05) is 6.26 Å². The molecule has 2 aromatic carbocycles. The minimum Gasteiger partial charge on any atom is -0.456 e. The van der Waals surface area contributed by atoms with Gasteiger partial charge in [-0.2, -0.15) is 5.26 Å². The molecular weight excluding hydrogens is 254 g/mol. The van der Waals surface area contributed by atoms with Crippen molar-refractivity contribution in [1.82, 2.24) is 0 Å². The normalized spacial score (nSPS) is 9.95. The molecule has 0 aromatic heterocycles. The van der Waals surface area contributed by atoms with Crippen LogP contribution >= 0.6 is 11.8 Å². The van der Waals surface area contributed by atoms with Crippen LogP contribution in [0.5, 0.6) is 11.5 Å². The van der Waals surface area contributed by atoms with Crippen LogP contribution in [0.2, 0.25) is 0 Å². The molecule has 0 saturated heterocycles. The molecule has 2 aromatic rings. The van der Waals surface area contributed by atoms with E-state index in [1.807, 2.05) is 42.7 Å². The molecule has 0 aliphatic heterocycles. The Kier molecular flexibility index (Phi) is 4.48. The molecule has 0 atom stereocenters. The molecule has 96 valence electrons. The van der Waals surface area contributed by atoms with Gasteiger partial charge in [-0.3, -0.25) is 0 Å². The molecule has 0 aliphatic rings. The molecular formula is C16H15NOS. The van der Waals surface area contributed by atoms with Crippen molar-refractivity contribution in [3.63, 3.8) is 0 Å². The molecule has 0 heterocycles. The number of ether oxygens (including phenoxy) is 1. The first-order valence-corrected chi connectivity index (χ1v) is 7.35. The van der Waals surface area contributed by atoms with Crippen molar-refractivity contribution in [3.05, 3.63) is 53.6 Å². The zero-order chi connectivity index (χ0) is 13.7. The predicted molar refractivity (Wildman–Crippen MR) is 78.8 cm³/mol. The monoisotopic (exact) mass is 269 g/mol. The van der Waals surface area contributed by atoms with Crippen LogP contribution in [0.15, 0.2) is 47.4 Å². The molecule has 0 radical (unpaired) electrons. The molecule has 0 spiro atoms. The maximum absolute atomic E-state index is 9.27. The van der Waals surface area contributed by atoms with Crippen LogP contribution < -0.4 is 4.74 Å². The first kappa shape index (κ1) is 13.5. The third-order valence-electron chi connectivity index (χ3n) is 2.85. The Labute approximate surface area is 118 Å². The van der Waals surface area contributed by atoms with Gasteiger partial charge in [0.15, 0.2) is 0 Å². The van der Waals surface area contributed by atoms with Crippen LogP contribution in [-0.2, 0) is 6.42 Å². The van der Waals surface area contributed by atoms with Crippen LogP contribution in [-0.4, -0.2) is 6.26 Å². The molecule has 0 amide bonds. The van der Waals surface area contributed by atoms with Crippen molar-refractivity contribution >= 4 is 11.8 Å². The summed E-state index contributed by atoms with van der Waals surface area (Å²) in [5.41, 5.74) is 1.81. The third kappa shape index (κ3) is 3.10. The van der Waals surface area contributed by atoms with E-state index in [0.29, 0.717) is 11.3 Å². The first-order valence-electron chi connectivity index (χ1n) is 6.12. The lowest BCUT2D eigenvalue weighted by molar-refractivity contribution is 0.479. The maximum Gasteiger partial charge on any atom is 0.146 e. The summed E-state index contributed by atoms with van der Waals surface area (Å²) in [4.78, 5) is 0.937. The van der Waals surface area contributed by atoms with E-state index in [-0.39, 0.29) is 0 Å². The maximum atomic E-state index is 9.27. The Balaban J connectivity index is 2.35. The summed E-state index contributed by atoms with van der Waals surface area (Å²) < 4.78 is 5.85. The molecule has 0 N–H and O–H groups in total. The average Bonchev–Trinajstić information content (AvgIpc) is 2.47. The number of nitriles is 1. The molecule has 0 unspecified atom stereocenters. The zero-order valence-corrected chi connectivity index (χ0v) is 11.8. The van der Waals surface area contributed by atoms with Gasteiger partial charge in [0.25, 0.3) is 0 Å². The second kappa shape index (κ2) is 6.31. The van der Waals surface area contributed by atoms with Gasteiger partial charge >= 0.3 is 0 Å². The highest BCUT2D eigenvalue weighted by molar-refractivity contribution is 7.98. The SMILES string of the molecule is CCc1cccc(Oc2cccc(SC)c2C#N)c1. The summed E-state index contributed by atoms with van der Waals surface area (Å²) in [6, 6.07) is 15.8. The van der Waals surface area contributed by atoms with Gasteiger partial charge in [0.1, 0.15) is 23.1 Å². The Morgan fingerprint density at radius 2 is 2.00 bits per heavy atom. The van der Waals surface area contributed by atoms with Crippen molar-refractivity contribution in [2.45, 2.75) is 18.2 Å². The van der Waals surface area contributed by atoms with Crippen molar-refractivity contribution in [3.8, 4) is 17.6 Å². The highest BCUT2D eigenvalue weighted by Crippen LogP contribution is 2.31. The molecule has 0 fully saturated rings. The van der Waals surface area contributed by atoms with Crippen LogP contribution in [0.4, 0.5) is 0 Å². The lowest BCUT2D eigenvalue weighted by Crippen LogP contribution is -1.91. The number of hydrogen-bond acceptors (Lipinski definition) is 3. The minimum absolute atomic E-state index is 0.594. The van der Waals surface area contributed by atoms with Gasteiger partial charge in [0.05, 0.1) is 0 Å². The second-order valence-electron chi connectivity index (χ2n) is 4.05. The molecule has 19 heavy (non-hydrogen) atoms. The topological polar surface area (TPSA) is 33.0 Å². The fraction of sp³-hybridized carbons (Fsp3) is 0.188. The molecule has 0 saturated carbocycles. The fourth-order valence-electron chi connectivity index (χ4n) is 1.83. The van der Waals surface area contributed by atoms with E-state index in [0.717, 1.165) is 17.1 Å². The quantitative estimate of drug-likeness (QED) is 0.758. The van der Waals surface area contributed by atoms with Gasteiger partial charge in [0.2, 0.25) is 0 Å². The Morgan fingerprint density at radius 3 is 2.68 bits per heavy atom. The van der Waals surface area contributed by atoms with Crippen molar-refractivity contribution in [1.29, 1.82) is 5.26 Å². The van der Waals surface area contributed by atoms with Crippen molar-refractivity contribution < 1.29 is 4.74 Å². The minimum atomic E-state index is 0.594. The van der Waals surface area contributed by atoms with Gasteiger partial charge < -0.3 is 4.74 Å². The van der Waals surface area contributed by atoms with Crippen LogP contribution in [0, 0.1) is 11.3 Å². The largest absolute Gasteiger partial charge is 0.456 e. The Hall–Kier alpha value is -1.92. The van der Waals surface area contributed by atoms with E-state index in [1.54, 1.807) is 11.8 Å². The van der Waals surface area contributed by atoms with E-state index in [4.69, 9.17) is 4.74 Å². The third-order valence-corrected chi connectivity index (χ3v) is 3.63. The highest BCUT2D eigenvalue weighted by atomic mass is 32.2. The van der Waals surface area contributed by atoms with Gasteiger partial charge in [-0.05, 0) is 42.5 Å². The van der Waals surface area contributed by atoms with Gasteiger partial charge in [-0.15, -0.1) is 11.8 Å². The van der Waals surface area contributed by atoms with E-state index >= 15 is 0 Å². The lowest BCUT2D eigenvalue weighted by Gasteiger charge is -2.10. The summed E-state index contributed by atoms with van der Waals surface area (Å²) in [5.74, 6) is 1.39. The molecule has 2 nitrogen and oxygen atoms in total. The molecule has 0 aliphatic carbocycles. The molecule has 2 rings (SSSR count). The molecule has 3 heteroatoms. The van der Waals surface area contributed by atoms with Crippen LogP contribution in [0.25, 0.3) is 0 Å². The number of aryl methyl sites for hydroxylation is 1. The summed E-state index contributed by atoms with van der Waals surface area (Å²) in [6.07, 6.45) is 2.92. The summed E-state index contributed by atoms with van der Waals surface area (Å²) in [6.45, 7) is 2.11. The summed E-state index contributed by atoms with van der Waals surface area (Å²) in [7, 11) is 0. The van der Waals surface area contributed by atoms with Gasteiger partial charge in [-0.25, -0.2) is 0 Å². The van der Waals surface area contributed by atoms with E-state index < -0.39 is 0 Å². The first-order chi connectivity index (χ1) is 9.28. The smallest absolute Gasteiger partial charge is 0.146 e. The van der Waals surface area contributed by atoms with E-state index in [9.17, 15) is 5.26 Å². The van der Waals surface area contributed by atoms with E-state index in [2.05, 4.69) is 19.1 Å². The fourth-order valence-corrected chi connectivity index (χ4v) is 2.40. The Morgan fingerprint density at radius 1 is 1.21 bits per heavy atom. The number of benzene rings is 2. The zero-order valence-electron chi connectivity index (χ0n) is 11.0. The number of hydrogen-bond donors (Lipinski definition) is 0. The number of nitrogens with zero attached hydrogens (tertiary/aromatic N) is 1. The average molecular weight is 269 g/mol. The van der Waals surface area contributed by atoms with Gasteiger partial charge in [0, 0.05) is 4.90 Å². The van der Waals surface area contributed by atoms with Crippen molar-refractivity contribution in [2.24, 2.45) is 0 Å².